The SMILES string of the molecule is CC1(O)C(CO)OC(n2cnc3c(Cl)ncnc32)C1O. The van der Waals surface area contributed by atoms with Crippen molar-refractivity contribution < 1.29 is 20.1 Å². The number of hydrogen-bond donors (Lipinski definition) is 3. The lowest BCUT2D eigenvalue weighted by molar-refractivity contribution is -0.0804. The predicted octanol–water partition coefficient (Wildman–Crippen LogP) is -0.519. The van der Waals surface area contributed by atoms with Gasteiger partial charge in [0.2, 0.25) is 0 Å². The number of halogens is 1. The molecule has 0 saturated carbocycles. The number of ether oxygens (including phenoxy) is 1. The van der Waals surface area contributed by atoms with E-state index in [9.17, 15) is 15.3 Å². The van der Waals surface area contributed by atoms with Gasteiger partial charge in [-0.2, -0.15) is 0 Å². The molecule has 4 unspecified atom stereocenters. The molecule has 3 rings (SSSR count). The van der Waals surface area contributed by atoms with Crippen LogP contribution in [0.15, 0.2) is 12.7 Å². The van der Waals surface area contributed by atoms with Crippen molar-refractivity contribution in [1.82, 2.24) is 19.5 Å². The smallest absolute Gasteiger partial charge is 0.167 e. The first-order chi connectivity index (χ1) is 9.46. The molecule has 1 saturated heterocycles. The summed E-state index contributed by atoms with van der Waals surface area (Å²) < 4.78 is 6.96. The summed E-state index contributed by atoms with van der Waals surface area (Å²) in [7, 11) is 0. The van der Waals surface area contributed by atoms with Gasteiger partial charge in [-0.05, 0) is 6.92 Å². The van der Waals surface area contributed by atoms with Crippen molar-refractivity contribution in [2.24, 2.45) is 0 Å². The van der Waals surface area contributed by atoms with E-state index in [0.717, 1.165) is 0 Å². The van der Waals surface area contributed by atoms with Crippen molar-refractivity contribution in [3.63, 3.8) is 0 Å². The van der Waals surface area contributed by atoms with Gasteiger partial charge < -0.3 is 20.1 Å². The van der Waals surface area contributed by atoms with E-state index in [1.165, 1.54) is 24.1 Å². The monoisotopic (exact) mass is 300 g/mol. The molecule has 1 aliphatic rings. The molecule has 0 aromatic carbocycles. The lowest BCUT2D eigenvalue weighted by atomic mass is 9.95. The minimum atomic E-state index is -1.58. The number of imidazole rings is 1. The summed E-state index contributed by atoms with van der Waals surface area (Å²) in [6.07, 6.45) is -0.401. The first-order valence-corrected chi connectivity index (χ1v) is 6.34. The number of hydrogen-bond acceptors (Lipinski definition) is 7. The van der Waals surface area contributed by atoms with E-state index in [-0.39, 0.29) is 5.15 Å². The third-order valence-electron chi connectivity index (χ3n) is 3.58. The van der Waals surface area contributed by atoms with Crippen molar-refractivity contribution in [3.8, 4) is 0 Å². The summed E-state index contributed by atoms with van der Waals surface area (Å²) >= 11 is 5.91. The van der Waals surface area contributed by atoms with Gasteiger partial charge in [0.05, 0.1) is 12.9 Å². The van der Waals surface area contributed by atoms with Crippen molar-refractivity contribution in [2.75, 3.05) is 6.61 Å². The van der Waals surface area contributed by atoms with Gasteiger partial charge in [0, 0.05) is 0 Å². The molecule has 0 aliphatic carbocycles. The zero-order valence-electron chi connectivity index (χ0n) is 10.5. The normalized spacial score (nSPS) is 34.0. The van der Waals surface area contributed by atoms with Gasteiger partial charge in [-0.25, -0.2) is 15.0 Å². The third kappa shape index (κ3) is 1.80. The molecule has 20 heavy (non-hydrogen) atoms. The molecule has 2 aromatic rings. The summed E-state index contributed by atoms with van der Waals surface area (Å²) in [5, 5.41) is 29.8. The van der Waals surface area contributed by atoms with Crippen LogP contribution >= 0.6 is 11.6 Å². The van der Waals surface area contributed by atoms with Crippen LogP contribution in [0.2, 0.25) is 5.15 Å². The highest BCUT2D eigenvalue weighted by atomic mass is 35.5. The highest BCUT2D eigenvalue weighted by Gasteiger charge is 2.52. The Morgan fingerprint density at radius 1 is 1.45 bits per heavy atom. The van der Waals surface area contributed by atoms with E-state index in [1.807, 2.05) is 0 Å². The minimum Gasteiger partial charge on any atom is -0.394 e. The Bertz CT molecular complexity index is 646. The molecule has 9 heteroatoms. The van der Waals surface area contributed by atoms with E-state index in [2.05, 4.69) is 15.0 Å². The molecule has 0 spiro atoms. The highest BCUT2D eigenvalue weighted by Crippen LogP contribution is 2.38. The lowest BCUT2D eigenvalue weighted by Crippen LogP contribution is -2.46. The van der Waals surface area contributed by atoms with Crippen LogP contribution in [0.4, 0.5) is 0 Å². The number of rotatable bonds is 2. The van der Waals surface area contributed by atoms with Crippen molar-refractivity contribution in [2.45, 2.75) is 31.0 Å². The molecule has 108 valence electrons. The minimum absolute atomic E-state index is 0.187. The topological polar surface area (TPSA) is 114 Å². The Labute approximate surface area is 118 Å². The van der Waals surface area contributed by atoms with Crippen LogP contribution in [0.5, 0.6) is 0 Å². The molecule has 0 amide bonds. The van der Waals surface area contributed by atoms with Crippen LogP contribution < -0.4 is 0 Å². The molecule has 4 atom stereocenters. The maximum atomic E-state index is 10.2. The molecule has 3 N–H and O–H groups in total. The summed E-state index contributed by atoms with van der Waals surface area (Å²) in [5.41, 5.74) is -0.826. The maximum Gasteiger partial charge on any atom is 0.167 e. The van der Waals surface area contributed by atoms with E-state index >= 15 is 0 Å². The fourth-order valence-electron chi connectivity index (χ4n) is 2.31. The highest BCUT2D eigenvalue weighted by molar-refractivity contribution is 6.33. The zero-order valence-corrected chi connectivity index (χ0v) is 11.3. The average molecular weight is 301 g/mol. The van der Waals surface area contributed by atoms with E-state index in [0.29, 0.717) is 11.2 Å². The first-order valence-electron chi connectivity index (χ1n) is 5.96. The van der Waals surface area contributed by atoms with Gasteiger partial charge in [-0.1, -0.05) is 11.6 Å². The van der Waals surface area contributed by atoms with E-state index < -0.39 is 30.6 Å². The van der Waals surface area contributed by atoms with E-state index in [1.54, 1.807) is 0 Å². The van der Waals surface area contributed by atoms with Gasteiger partial charge in [0.25, 0.3) is 0 Å². The van der Waals surface area contributed by atoms with Crippen LogP contribution in [0.1, 0.15) is 13.2 Å². The van der Waals surface area contributed by atoms with Gasteiger partial charge in [-0.3, -0.25) is 4.57 Å². The first kappa shape index (κ1) is 13.7. The third-order valence-corrected chi connectivity index (χ3v) is 3.86. The van der Waals surface area contributed by atoms with Gasteiger partial charge in [-0.15, -0.1) is 0 Å². The summed E-state index contributed by atoms with van der Waals surface area (Å²) in [4.78, 5) is 11.9. The zero-order chi connectivity index (χ0) is 14.5. The van der Waals surface area contributed by atoms with Gasteiger partial charge in [0.15, 0.2) is 17.0 Å². The van der Waals surface area contributed by atoms with Crippen molar-refractivity contribution in [1.29, 1.82) is 0 Å². The van der Waals surface area contributed by atoms with Crippen LogP contribution in [-0.2, 0) is 4.74 Å². The Balaban J connectivity index is 2.06. The molecular formula is C11H13ClN4O4. The number of aliphatic hydroxyl groups is 3. The largest absolute Gasteiger partial charge is 0.394 e. The lowest BCUT2D eigenvalue weighted by Gasteiger charge is -2.25. The predicted molar refractivity (Wildman–Crippen MR) is 68.0 cm³/mol. The summed E-state index contributed by atoms with van der Waals surface area (Å²) in [6, 6.07) is 0. The van der Waals surface area contributed by atoms with Crippen molar-refractivity contribution in [3.05, 3.63) is 17.8 Å². The molecule has 0 radical (unpaired) electrons. The Kier molecular flexibility index (Phi) is 3.14. The maximum absolute atomic E-state index is 10.2. The fourth-order valence-corrected chi connectivity index (χ4v) is 2.49. The molecule has 8 nitrogen and oxygen atoms in total. The van der Waals surface area contributed by atoms with Crippen LogP contribution in [-0.4, -0.2) is 59.3 Å². The molecular weight excluding hydrogens is 288 g/mol. The second-order valence-electron chi connectivity index (χ2n) is 4.86. The number of nitrogens with zero attached hydrogens (tertiary/aromatic N) is 4. The van der Waals surface area contributed by atoms with Crippen LogP contribution in [0.3, 0.4) is 0 Å². The second kappa shape index (κ2) is 4.61. The molecule has 0 bridgehead atoms. The molecule has 1 aliphatic heterocycles. The molecule has 1 fully saturated rings. The van der Waals surface area contributed by atoms with Crippen LogP contribution in [0, 0.1) is 0 Å². The number of aliphatic hydroxyl groups excluding tert-OH is 2. The Morgan fingerprint density at radius 3 is 2.85 bits per heavy atom. The van der Waals surface area contributed by atoms with Gasteiger partial charge in [0.1, 0.15) is 29.7 Å². The molecule has 2 aromatic heterocycles. The van der Waals surface area contributed by atoms with Gasteiger partial charge >= 0.3 is 0 Å². The fraction of sp³-hybridized carbons (Fsp3) is 0.545. The Hall–Kier alpha value is -1.32. The summed E-state index contributed by atoms with van der Waals surface area (Å²) in [6.45, 7) is 0.989. The summed E-state index contributed by atoms with van der Waals surface area (Å²) in [5.74, 6) is 0. The standard InChI is InChI=1S/C11H13ClN4O4/c1-11(19)5(2-17)20-10(7(11)18)16-4-15-6-8(12)13-3-14-9(6)16/h3-5,7,10,17-19H,2H2,1H3. The average Bonchev–Trinajstić information content (AvgIpc) is 2.92. The quantitative estimate of drug-likeness (QED) is 0.640. The second-order valence-corrected chi connectivity index (χ2v) is 5.22. The van der Waals surface area contributed by atoms with Crippen LogP contribution in [0.25, 0.3) is 11.2 Å². The number of fused-ring (bicyclic) bond motifs is 1. The Morgan fingerprint density at radius 2 is 2.20 bits per heavy atom. The number of aromatic nitrogens is 4. The molecule has 3 heterocycles. The van der Waals surface area contributed by atoms with Crippen molar-refractivity contribution >= 4 is 22.8 Å². The van der Waals surface area contributed by atoms with E-state index in [4.69, 9.17) is 16.3 Å².